The maximum atomic E-state index is 12.7. The zero-order valence-corrected chi connectivity index (χ0v) is 19.5. The molecule has 0 bridgehead atoms. The highest BCUT2D eigenvalue weighted by Crippen LogP contribution is 2.23. The first-order valence-electron chi connectivity index (χ1n) is 10.4. The van der Waals surface area contributed by atoms with Crippen molar-refractivity contribution >= 4 is 27.5 Å². The molecule has 1 amide bonds. The second-order valence-electron chi connectivity index (χ2n) is 8.02. The van der Waals surface area contributed by atoms with Crippen molar-refractivity contribution in [3.63, 3.8) is 0 Å². The van der Waals surface area contributed by atoms with Crippen LogP contribution >= 0.6 is 11.6 Å². The van der Waals surface area contributed by atoms with Crippen LogP contribution in [0.5, 0.6) is 5.75 Å². The van der Waals surface area contributed by atoms with Crippen molar-refractivity contribution < 1.29 is 17.9 Å². The molecular formula is C23H29ClN2O4S. The first kappa shape index (κ1) is 23.6. The van der Waals surface area contributed by atoms with Gasteiger partial charge in [-0.3, -0.25) is 4.79 Å². The fourth-order valence-corrected chi connectivity index (χ4v) is 5.59. The number of nitrogens with one attached hydrogen (secondary N) is 1. The molecule has 0 spiro atoms. The van der Waals surface area contributed by atoms with Gasteiger partial charge in [0, 0.05) is 24.0 Å². The topological polar surface area (TPSA) is 75.7 Å². The Labute approximate surface area is 189 Å². The van der Waals surface area contributed by atoms with Crippen molar-refractivity contribution in [2.24, 2.45) is 5.92 Å². The summed E-state index contributed by atoms with van der Waals surface area (Å²) in [5.74, 6) is 0.486. The predicted molar refractivity (Wildman–Crippen MR) is 123 cm³/mol. The van der Waals surface area contributed by atoms with Crippen molar-refractivity contribution in [3.8, 4) is 5.75 Å². The van der Waals surface area contributed by atoms with Gasteiger partial charge >= 0.3 is 0 Å². The minimum atomic E-state index is -3.44. The molecule has 1 aliphatic heterocycles. The number of hydrogen-bond donors (Lipinski definition) is 1. The zero-order valence-electron chi connectivity index (χ0n) is 17.9. The van der Waals surface area contributed by atoms with E-state index in [2.05, 4.69) is 11.4 Å². The zero-order chi connectivity index (χ0) is 22.4. The third kappa shape index (κ3) is 6.95. The smallest absolute Gasteiger partial charge is 0.223 e. The number of nitrogens with zero attached hydrogens (tertiary/aromatic N) is 1. The van der Waals surface area contributed by atoms with Crippen molar-refractivity contribution in [2.75, 3.05) is 26.2 Å². The van der Waals surface area contributed by atoms with Crippen LogP contribution in [0.3, 0.4) is 0 Å². The molecule has 0 unspecified atom stereocenters. The van der Waals surface area contributed by atoms with Gasteiger partial charge in [0.1, 0.15) is 12.4 Å². The van der Waals surface area contributed by atoms with E-state index in [-0.39, 0.29) is 17.6 Å². The number of ether oxygens (including phenoxy) is 1. The molecule has 8 heteroatoms. The van der Waals surface area contributed by atoms with Crippen LogP contribution in [0.1, 0.15) is 29.5 Å². The summed E-state index contributed by atoms with van der Waals surface area (Å²) >= 11 is 5.95. The van der Waals surface area contributed by atoms with Gasteiger partial charge in [0.15, 0.2) is 0 Å². The summed E-state index contributed by atoms with van der Waals surface area (Å²) in [6.07, 6.45) is 1.02. The number of piperidine rings is 1. The number of rotatable bonds is 8. The average Bonchev–Trinajstić information content (AvgIpc) is 2.70. The molecule has 0 aromatic heterocycles. The van der Waals surface area contributed by atoms with Crippen LogP contribution in [0.2, 0.25) is 5.02 Å². The van der Waals surface area contributed by atoms with Gasteiger partial charge in [0.2, 0.25) is 15.9 Å². The van der Waals surface area contributed by atoms with E-state index in [9.17, 15) is 13.2 Å². The molecule has 1 aliphatic rings. The lowest BCUT2D eigenvalue weighted by Crippen LogP contribution is -2.43. The van der Waals surface area contributed by atoms with Crippen LogP contribution in [-0.4, -0.2) is 44.9 Å². The summed E-state index contributed by atoms with van der Waals surface area (Å²) in [6.45, 7) is 5.53. The van der Waals surface area contributed by atoms with Crippen LogP contribution in [0.15, 0.2) is 42.5 Å². The molecule has 0 radical (unpaired) electrons. The monoisotopic (exact) mass is 464 g/mol. The lowest BCUT2D eigenvalue weighted by molar-refractivity contribution is -0.126. The van der Waals surface area contributed by atoms with Gasteiger partial charge in [-0.1, -0.05) is 29.8 Å². The summed E-state index contributed by atoms with van der Waals surface area (Å²) in [5, 5.41) is 3.42. The minimum Gasteiger partial charge on any atom is -0.492 e. The number of halogens is 1. The Hall–Kier alpha value is -2.09. The Kier molecular flexibility index (Phi) is 7.97. The van der Waals surface area contributed by atoms with Gasteiger partial charge < -0.3 is 10.1 Å². The summed E-state index contributed by atoms with van der Waals surface area (Å²) < 4.78 is 32.6. The highest BCUT2D eigenvalue weighted by molar-refractivity contribution is 7.88. The molecule has 6 nitrogen and oxygen atoms in total. The van der Waals surface area contributed by atoms with Gasteiger partial charge in [-0.2, -0.15) is 0 Å². The average molecular weight is 465 g/mol. The minimum absolute atomic E-state index is 0.0455. The van der Waals surface area contributed by atoms with E-state index in [4.69, 9.17) is 16.3 Å². The van der Waals surface area contributed by atoms with E-state index >= 15 is 0 Å². The van der Waals surface area contributed by atoms with Gasteiger partial charge in [0.25, 0.3) is 0 Å². The summed E-state index contributed by atoms with van der Waals surface area (Å²) in [7, 11) is -3.44. The third-order valence-corrected chi connectivity index (χ3v) is 7.41. The largest absolute Gasteiger partial charge is 0.492 e. The maximum absolute atomic E-state index is 12.7. The molecule has 1 N–H and O–H groups in total. The molecule has 31 heavy (non-hydrogen) atoms. The Bertz CT molecular complexity index is 998. The number of benzene rings is 2. The normalized spacial score (nSPS) is 15.6. The number of hydrogen-bond acceptors (Lipinski definition) is 4. The van der Waals surface area contributed by atoms with E-state index in [1.807, 2.05) is 26.0 Å². The van der Waals surface area contributed by atoms with E-state index in [0.717, 1.165) is 16.9 Å². The molecule has 2 aromatic rings. The molecule has 0 saturated carbocycles. The second-order valence-corrected chi connectivity index (χ2v) is 10.4. The summed E-state index contributed by atoms with van der Waals surface area (Å²) in [6, 6.07) is 12.9. The number of carbonyl (C=O) groups is 1. The van der Waals surface area contributed by atoms with E-state index in [1.165, 1.54) is 4.31 Å². The van der Waals surface area contributed by atoms with Crippen molar-refractivity contribution in [1.29, 1.82) is 0 Å². The number of sulfonamides is 1. The molecule has 2 aromatic carbocycles. The van der Waals surface area contributed by atoms with Gasteiger partial charge in [0.05, 0.1) is 12.3 Å². The van der Waals surface area contributed by atoms with Crippen LogP contribution in [0.25, 0.3) is 0 Å². The van der Waals surface area contributed by atoms with Gasteiger partial charge in [-0.05, 0) is 67.6 Å². The molecule has 0 aliphatic carbocycles. The number of amides is 1. The molecule has 0 atom stereocenters. The standard InChI is InChI=1S/C23H29ClN2O4S/c1-17-12-18(2)14-22(13-17)30-11-8-25-23(27)20-6-9-26(10-7-20)31(28,29)16-19-4-3-5-21(24)15-19/h3-5,12-15,20H,6-11,16H2,1-2H3,(H,25,27). The van der Waals surface area contributed by atoms with Crippen molar-refractivity contribution in [3.05, 3.63) is 64.2 Å². The van der Waals surface area contributed by atoms with E-state index < -0.39 is 10.0 Å². The third-order valence-electron chi connectivity index (χ3n) is 5.32. The Balaban J connectivity index is 1.41. The number of aryl methyl sites for hydroxylation is 2. The molecular weight excluding hydrogens is 436 g/mol. The van der Waals surface area contributed by atoms with Crippen LogP contribution in [-0.2, 0) is 20.6 Å². The van der Waals surface area contributed by atoms with Crippen LogP contribution < -0.4 is 10.1 Å². The fourth-order valence-electron chi connectivity index (χ4n) is 3.83. The lowest BCUT2D eigenvalue weighted by Gasteiger charge is -2.30. The Morgan fingerprint density at radius 1 is 1.13 bits per heavy atom. The van der Waals surface area contributed by atoms with Crippen molar-refractivity contribution in [2.45, 2.75) is 32.4 Å². The SMILES string of the molecule is Cc1cc(C)cc(OCCNC(=O)C2CCN(S(=O)(=O)Cc3cccc(Cl)c3)CC2)c1. The molecule has 1 heterocycles. The van der Waals surface area contributed by atoms with Crippen molar-refractivity contribution in [1.82, 2.24) is 9.62 Å². The van der Waals surface area contributed by atoms with Crippen LogP contribution in [0.4, 0.5) is 0 Å². The first-order chi connectivity index (χ1) is 14.7. The van der Waals surface area contributed by atoms with Crippen LogP contribution in [0, 0.1) is 19.8 Å². The van der Waals surface area contributed by atoms with E-state index in [0.29, 0.717) is 49.7 Å². The molecule has 168 valence electrons. The summed E-state index contributed by atoms with van der Waals surface area (Å²) in [5.41, 5.74) is 2.93. The number of carbonyl (C=O) groups excluding carboxylic acids is 1. The Morgan fingerprint density at radius 3 is 2.45 bits per heavy atom. The Morgan fingerprint density at radius 2 is 1.81 bits per heavy atom. The van der Waals surface area contributed by atoms with E-state index in [1.54, 1.807) is 24.3 Å². The highest BCUT2D eigenvalue weighted by Gasteiger charge is 2.31. The predicted octanol–water partition coefficient (Wildman–Crippen LogP) is 3.69. The quantitative estimate of drug-likeness (QED) is 0.604. The highest BCUT2D eigenvalue weighted by atomic mass is 35.5. The first-order valence-corrected chi connectivity index (χ1v) is 12.4. The fraction of sp³-hybridized carbons (Fsp3) is 0.435. The lowest BCUT2D eigenvalue weighted by atomic mass is 9.97. The van der Waals surface area contributed by atoms with Gasteiger partial charge in [-0.25, -0.2) is 12.7 Å². The molecule has 1 saturated heterocycles. The summed E-state index contributed by atoms with van der Waals surface area (Å²) in [4.78, 5) is 12.5. The van der Waals surface area contributed by atoms with Gasteiger partial charge in [-0.15, -0.1) is 0 Å². The second kappa shape index (κ2) is 10.5. The molecule has 3 rings (SSSR count). The molecule has 1 fully saturated rings. The maximum Gasteiger partial charge on any atom is 0.223 e.